The third-order valence-corrected chi connectivity index (χ3v) is 4.84. The predicted octanol–water partition coefficient (Wildman–Crippen LogP) is 4.25. The second kappa shape index (κ2) is 6.53. The van der Waals surface area contributed by atoms with Crippen molar-refractivity contribution in [2.75, 3.05) is 0 Å². The molecule has 24 heavy (non-hydrogen) atoms. The van der Waals surface area contributed by atoms with Gasteiger partial charge in [-0.2, -0.15) is 0 Å². The maximum absolute atomic E-state index is 12.6. The number of aryl methyl sites for hydroxylation is 2. The Labute approximate surface area is 144 Å². The van der Waals surface area contributed by atoms with Crippen LogP contribution in [0.4, 0.5) is 4.79 Å². The van der Waals surface area contributed by atoms with Crippen molar-refractivity contribution in [1.82, 2.24) is 4.90 Å². The number of nitrogens with zero attached hydrogens (tertiary/aromatic N) is 1. The fourth-order valence-corrected chi connectivity index (χ4v) is 3.35. The second-order valence-electron chi connectivity index (χ2n) is 5.76. The zero-order valence-corrected chi connectivity index (χ0v) is 14.3. The number of carbonyl (C=O) groups is 2. The summed E-state index contributed by atoms with van der Waals surface area (Å²) in [6.07, 6.45) is 1.57. The molecule has 0 aromatic heterocycles. The number of imide groups is 1. The van der Waals surface area contributed by atoms with Crippen molar-refractivity contribution >= 4 is 29.0 Å². The Morgan fingerprint density at radius 1 is 1.12 bits per heavy atom. The van der Waals surface area contributed by atoms with Crippen LogP contribution in [0.5, 0.6) is 5.75 Å². The molecule has 1 N–H and O–H groups in total. The number of phenolic OH excluding ortho intramolecular Hbond substituents is 1. The lowest BCUT2D eigenvalue weighted by atomic mass is 10.1. The maximum Gasteiger partial charge on any atom is 0.293 e. The van der Waals surface area contributed by atoms with Crippen LogP contribution < -0.4 is 0 Å². The van der Waals surface area contributed by atoms with E-state index in [1.54, 1.807) is 24.3 Å². The number of phenols is 1. The summed E-state index contributed by atoms with van der Waals surface area (Å²) in [6, 6.07) is 12.8. The quantitative estimate of drug-likeness (QED) is 0.850. The van der Waals surface area contributed by atoms with E-state index in [2.05, 4.69) is 0 Å². The highest BCUT2D eigenvalue weighted by molar-refractivity contribution is 8.18. The Kier molecular flexibility index (Phi) is 4.44. The van der Waals surface area contributed by atoms with Crippen LogP contribution in [0.2, 0.25) is 0 Å². The summed E-state index contributed by atoms with van der Waals surface area (Å²) in [4.78, 5) is 26.4. The van der Waals surface area contributed by atoms with Crippen LogP contribution in [-0.4, -0.2) is 21.2 Å². The molecule has 0 atom stereocenters. The number of carbonyl (C=O) groups excluding carboxylic acids is 2. The topological polar surface area (TPSA) is 57.6 Å². The van der Waals surface area contributed by atoms with Gasteiger partial charge in [0.15, 0.2) is 0 Å². The van der Waals surface area contributed by atoms with Crippen molar-refractivity contribution in [2.24, 2.45) is 0 Å². The van der Waals surface area contributed by atoms with Crippen LogP contribution in [0.3, 0.4) is 0 Å². The Hall–Kier alpha value is -2.53. The monoisotopic (exact) mass is 339 g/mol. The molecular weight excluding hydrogens is 322 g/mol. The lowest BCUT2D eigenvalue weighted by molar-refractivity contribution is -0.123. The Morgan fingerprint density at radius 2 is 1.88 bits per heavy atom. The zero-order chi connectivity index (χ0) is 17.3. The number of rotatable bonds is 3. The van der Waals surface area contributed by atoms with Crippen molar-refractivity contribution < 1.29 is 14.7 Å². The highest BCUT2D eigenvalue weighted by atomic mass is 32.2. The highest BCUT2D eigenvalue weighted by Crippen LogP contribution is 2.35. The van der Waals surface area contributed by atoms with Crippen LogP contribution >= 0.6 is 11.8 Å². The van der Waals surface area contributed by atoms with Crippen molar-refractivity contribution in [1.29, 1.82) is 0 Å². The molecular formula is C19H17NO3S. The summed E-state index contributed by atoms with van der Waals surface area (Å²) in [5.74, 6) is -0.236. The summed E-state index contributed by atoms with van der Waals surface area (Å²) in [5, 5.41) is 9.63. The standard InChI is InChI=1S/C19H17NO3S/c1-12-7-8-16(21)15(9-12)10-17-18(22)20(19(23)24-17)11-14-6-4-3-5-13(14)2/h3-10,21H,11H2,1-2H3/b17-10-. The predicted molar refractivity (Wildman–Crippen MR) is 95.5 cm³/mol. The van der Waals surface area contributed by atoms with Crippen LogP contribution in [0, 0.1) is 13.8 Å². The Morgan fingerprint density at radius 3 is 2.62 bits per heavy atom. The minimum Gasteiger partial charge on any atom is -0.507 e. The first-order valence-electron chi connectivity index (χ1n) is 7.55. The molecule has 3 rings (SSSR count). The SMILES string of the molecule is Cc1ccc(O)c(/C=C2\SC(=O)N(Cc3ccccc3C)C2=O)c1. The Bertz CT molecular complexity index is 857. The van der Waals surface area contributed by atoms with E-state index in [4.69, 9.17) is 0 Å². The molecule has 0 aliphatic carbocycles. The van der Waals surface area contributed by atoms with E-state index in [-0.39, 0.29) is 23.4 Å². The molecule has 0 saturated carbocycles. The van der Waals surface area contributed by atoms with E-state index >= 15 is 0 Å². The maximum atomic E-state index is 12.6. The van der Waals surface area contributed by atoms with Crippen LogP contribution in [0.1, 0.15) is 22.3 Å². The van der Waals surface area contributed by atoms with Gasteiger partial charge in [-0.1, -0.05) is 35.9 Å². The number of benzene rings is 2. The summed E-state index contributed by atoms with van der Waals surface area (Å²) < 4.78 is 0. The molecule has 122 valence electrons. The van der Waals surface area contributed by atoms with Gasteiger partial charge in [-0.25, -0.2) is 0 Å². The largest absolute Gasteiger partial charge is 0.507 e. The van der Waals surface area contributed by atoms with Gasteiger partial charge in [-0.15, -0.1) is 0 Å². The van der Waals surface area contributed by atoms with Crippen molar-refractivity contribution in [2.45, 2.75) is 20.4 Å². The van der Waals surface area contributed by atoms with Gasteiger partial charge < -0.3 is 5.11 Å². The van der Waals surface area contributed by atoms with Crippen molar-refractivity contribution in [3.05, 3.63) is 69.6 Å². The zero-order valence-electron chi connectivity index (χ0n) is 13.4. The van der Waals surface area contributed by atoms with Gasteiger partial charge in [-0.05, 0) is 54.9 Å². The van der Waals surface area contributed by atoms with Gasteiger partial charge in [-0.3, -0.25) is 14.5 Å². The molecule has 1 saturated heterocycles. The van der Waals surface area contributed by atoms with Crippen molar-refractivity contribution in [3.63, 3.8) is 0 Å². The number of thioether (sulfide) groups is 1. The summed E-state index contributed by atoms with van der Waals surface area (Å²) >= 11 is 0.904. The minimum atomic E-state index is -0.325. The fraction of sp³-hybridized carbons (Fsp3) is 0.158. The molecule has 0 bridgehead atoms. The molecule has 2 aromatic carbocycles. The number of hydrogen-bond acceptors (Lipinski definition) is 4. The molecule has 0 radical (unpaired) electrons. The molecule has 2 amide bonds. The summed E-state index contributed by atoms with van der Waals surface area (Å²) in [6.45, 7) is 4.12. The second-order valence-corrected chi connectivity index (χ2v) is 6.75. The van der Waals surface area contributed by atoms with Gasteiger partial charge in [0.05, 0.1) is 11.4 Å². The Balaban J connectivity index is 1.88. The third kappa shape index (κ3) is 3.21. The number of hydrogen-bond donors (Lipinski definition) is 1. The van der Waals surface area contributed by atoms with E-state index in [1.807, 2.05) is 38.1 Å². The molecule has 1 fully saturated rings. The van der Waals surface area contributed by atoms with Crippen LogP contribution in [0.25, 0.3) is 6.08 Å². The number of aromatic hydroxyl groups is 1. The first kappa shape index (κ1) is 16.3. The lowest BCUT2D eigenvalue weighted by Gasteiger charge is -2.14. The van der Waals surface area contributed by atoms with Gasteiger partial charge in [0, 0.05) is 5.56 Å². The van der Waals surface area contributed by atoms with Gasteiger partial charge in [0.1, 0.15) is 5.75 Å². The molecule has 4 nitrogen and oxygen atoms in total. The van der Waals surface area contributed by atoms with Crippen molar-refractivity contribution in [3.8, 4) is 5.75 Å². The number of amides is 2. The fourth-order valence-electron chi connectivity index (χ4n) is 2.52. The smallest absolute Gasteiger partial charge is 0.293 e. The van der Waals surface area contributed by atoms with E-state index in [0.717, 1.165) is 28.5 Å². The van der Waals surface area contributed by atoms with Gasteiger partial charge in [0.25, 0.3) is 11.1 Å². The first-order valence-corrected chi connectivity index (χ1v) is 8.37. The molecule has 2 aromatic rings. The average molecular weight is 339 g/mol. The molecule has 5 heteroatoms. The molecule has 0 unspecified atom stereocenters. The van der Waals surface area contributed by atoms with E-state index in [9.17, 15) is 14.7 Å². The highest BCUT2D eigenvalue weighted by Gasteiger charge is 2.35. The molecule has 0 spiro atoms. The first-order chi connectivity index (χ1) is 11.5. The van der Waals surface area contributed by atoms with E-state index in [1.165, 1.54) is 4.90 Å². The van der Waals surface area contributed by atoms with E-state index < -0.39 is 0 Å². The average Bonchev–Trinajstić information content (AvgIpc) is 2.80. The third-order valence-electron chi connectivity index (χ3n) is 3.93. The molecule has 1 heterocycles. The van der Waals surface area contributed by atoms with Gasteiger partial charge in [0.2, 0.25) is 0 Å². The lowest BCUT2D eigenvalue weighted by Crippen LogP contribution is -2.27. The normalized spacial score (nSPS) is 16.2. The summed E-state index contributed by atoms with van der Waals surface area (Å²) in [7, 11) is 0. The van der Waals surface area contributed by atoms with E-state index in [0.29, 0.717) is 10.5 Å². The van der Waals surface area contributed by atoms with Crippen LogP contribution in [-0.2, 0) is 11.3 Å². The minimum absolute atomic E-state index is 0.0892. The molecule has 1 aliphatic rings. The summed E-state index contributed by atoms with van der Waals surface area (Å²) in [5.41, 5.74) is 3.49. The van der Waals surface area contributed by atoms with Gasteiger partial charge >= 0.3 is 0 Å². The van der Waals surface area contributed by atoms with Crippen LogP contribution in [0.15, 0.2) is 47.4 Å². The molecule has 1 aliphatic heterocycles.